The molecule has 0 rings (SSSR count). The molecule has 0 aromatic heterocycles. The summed E-state index contributed by atoms with van der Waals surface area (Å²) in [6.45, 7) is 8.95. The normalized spacial score (nSPS) is 15.2. The molecule has 0 saturated heterocycles. The van der Waals surface area contributed by atoms with Crippen LogP contribution in [0.25, 0.3) is 0 Å². The molecular weight excluding hydrogens is 212 g/mol. The van der Waals surface area contributed by atoms with E-state index in [0.717, 1.165) is 6.42 Å². The highest BCUT2D eigenvalue weighted by molar-refractivity contribution is 6.29. The lowest BCUT2D eigenvalue weighted by atomic mass is 10.4. The quantitative estimate of drug-likeness (QED) is 0.283. The van der Waals surface area contributed by atoms with E-state index < -0.39 is 9.76 Å². The summed E-state index contributed by atoms with van der Waals surface area (Å²) < 4.78 is 15.6. The van der Waals surface area contributed by atoms with Crippen LogP contribution in [0.5, 0.6) is 0 Å². The first-order chi connectivity index (χ1) is 7.01. The molecule has 0 N–H and O–H groups in total. The van der Waals surface area contributed by atoms with Gasteiger partial charge in [0.2, 0.25) is 9.76 Å². The molecule has 0 bridgehead atoms. The highest BCUT2D eigenvalue weighted by Crippen LogP contribution is 2.03. The van der Waals surface area contributed by atoms with E-state index in [4.69, 9.17) is 13.9 Å². The largest absolute Gasteiger partial charge is 0.461 e. The summed E-state index contributed by atoms with van der Waals surface area (Å²) in [4.78, 5) is 11.2. The van der Waals surface area contributed by atoms with Crippen LogP contribution in [0.2, 0.25) is 0 Å². The second-order valence-electron chi connectivity index (χ2n) is 3.35. The van der Waals surface area contributed by atoms with Crippen molar-refractivity contribution in [2.75, 3.05) is 7.11 Å². The number of methoxy groups -OCH3 is 1. The van der Waals surface area contributed by atoms with Gasteiger partial charge < -0.3 is 13.9 Å². The fourth-order valence-corrected chi connectivity index (χ4v) is 1.87. The highest BCUT2D eigenvalue weighted by atomic mass is 28.2. The molecule has 5 heteroatoms. The van der Waals surface area contributed by atoms with E-state index >= 15 is 0 Å². The predicted molar refractivity (Wildman–Crippen MR) is 61.1 cm³/mol. The highest BCUT2D eigenvalue weighted by Gasteiger charge is 2.15. The maximum absolute atomic E-state index is 11.2. The average Bonchev–Trinajstić information content (AvgIpc) is 2.22. The first-order valence-electron chi connectivity index (χ1n) is 5.02. The minimum absolute atomic E-state index is 0.105. The molecule has 0 radical (unpaired) electrons. The molecule has 0 aromatic rings. The van der Waals surface area contributed by atoms with E-state index in [0.29, 0.717) is 5.57 Å². The summed E-state index contributed by atoms with van der Waals surface area (Å²) in [5.74, 6) is -0.344. The van der Waals surface area contributed by atoms with E-state index in [2.05, 4.69) is 6.58 Å². The Bertz CT molecular complexity index is 217. The number of carbonyl (C=O) groups is 1. The maximum atomic E-state index is 11.2. The third kappa shape index (κ3) is 6.43. The van der Waals surface area contributed by atoms with Crippen LogP contribution in [-0.4, -0.2) is 34.9 Å². The molecule has 2 atom stereocenters. The van der Waals surface area contributed by atoms with Crippen molar-refractivity contribution < 1.29 is 18.7 Å². The number of hydrogen-bond donors (Lipinski definition) is 0. The topological polar surface area (TPSA) is 44.8 Å². The Morgan fingerprint density at radius 2 is 2.13 bits per heavy atom. The van der Waals surface area contributed by atoms with Gasteiger partial charge in [-0.3, -0.25) is 0 Å². The van der Waals surface area contributed by atoms with Crippen LogP contribution in [-0.2, 0) is 18.7 Å². The standard InChI is InChI=1S/C10H20O4Si/c1-6-9(13-10(11)7(2)3)15-14-8(4)12-5/h8-9H,2,6,15H2,1,3-5H3. The smallest absolute Gasteiger partial charge is 0.333 e. The first kappa shape index (κ1) is 14.3. The summed E-state index contributed by atoms with van der Waals surface area (Å²) in [7, 11) is 0.666. The van der Waals surface area contributed by atoms with Crippen LogP contribution >= 0.6 is 0 Å². The van der Waals surface area contributed by atoms with Crippen molar-refractivity contribution in [3.05, 3.63) is 12.2 Å². The maximum Gasteiger partial charge on any atom is 0.333 e. The molecule has 0 fully saturated rings. The molecule has 4 nitrogen and oxygen atoms in total. The van der Waals surface area contributed by atoms with Crippen molar-refractivity contribution in [2.24, 2.45) is 0 Å². The molecule has 0 aromatic carbocycles. The van der Waals surface area contributed by atoms with Gasteiger partial charge in [0.25, 0.3) is 0 Å². The lowest BCUT2D eigenvalue weighted by Gasteiger charge is -2.18. The zero-order valence-corrected chi connectivity index (χ0v) is 11.3. The Hall–Kier alpha value is -0.653. The summed E-state index contributed by atoms with van der Waals surface area (Å²) in [6, 6.07) is 0. The van der Waals surface area contributed by atoms with Crippen LogP contribution in [0.3, 0.4) is 0 Å². The molecule has 0 saturated carbocycles. The van der Waals surface area contributed by atoms with Crippen molar-refractivity contribution in [3.63, 3.8) is 0 Å². The number of hydrogen-bond acceptors (Lipinski definition) is 4. The van der Waals surface area contributed by atoms with Gasteiger partial charge >= 0.3 is 5.97 Å². The van der Waals surface area contributed by atoms with Crippen molar-refractivity contribution in [3.8, 4) is 0 Å². The lowest BCUT2D eigenvalue weighted by Crippen LogP contribution is -2.29. The van der Waals surface area contributed by atoms with Gasteiger partial charge in [0, 0.05) is 12.7 Å². The third-order valence-electron chi connectivity index (χ3n) is 1.93. The molecule has 2 unspecified atom stereocenters. The van der Waals surface area contributed by atoms with Gasteiger partial charge in [0.1, 0.15) is 12.0 Å². The molecule has 0 aliphatic carbocycles. The predicted octanol–water partition coefficient (Wildman–Crippen LogP) is 0.935. The number of ether oxygens (including phenoxy) is 2. The zero-order valence-electron chi connectivity index (χ0n) is 9.91. The Labute approximate surface area is 93.5 Å². The third-order valence-corrected chi connectivity index (χ3v) is 3.70. The molecule has 15 heavy (non-hydrogen) atoms. The van der Waals surface area contributed by atoms with Gasteiger partial charge in [-0.25, -0.2) is 4.79 Å². The Morgan fingerprint density at radius 3 is 2.53 bits per heavy atom. The molecule has 0 heterocycles. The van der Waals surface area contributed by atoms with Gasteiger partial charge in [-0.15, -0.1) is 0 Å². The first-order valence-corrected chi connectivity index (χ1v) is 6.41. The Morgan fingerprint density at radius 1 is 1.53 bits per heavy atom. The number of esters is 1. The SMILES string of the molecule is C=C(C)C(=O)OC(CC)[SiH2]OC(C)OC. The average molecular weight is 232 g/mol. The molecule has 0 aliphatic rings. The summed E-state index contributed by atoms with van der Waals surface area (Å²) in [5.41, 5.74) is 0.314. The molecule has 0 amide bonds. The van der Waals surface area contributed by atoms with Crippen molar-refractivity contribution in [1.82, 2.24) is 0 Å². The van der Waals surface area contributed by atoms with Gasteiger partial charge in [-0.1, -0.05) is 13.5 Å². The van der Waals surface area contributed by atoms with E-state index in [1.165, 1.54) is 0 Å². The molecule has 88 valence electrons. The molecule has 0 aliphatic heterocycles. The van der Waals surface area contributed by atoms with Crippen molar-refractivity contribution in [1.29, 1.82) is 0 Å². The van der Waals surface area contributed by atoms with Crippen LogP contribution in [0, 0.1) is 0 Å². The van der Waals surface area contributed by atoms with Crippen LogP contribution in [0.4, 0.5) is 0 Å². The second-order valence-corrected chi connectivity index (χ2v) is 4.93. The monoisotopic (exact) mass is 232 g/mol. The van der Waals surface area contributed by atoms with Crippen LogP contribution < -0.4 is 0 Å². The Balaban J connectivity index is 3.93. The molecule has 0 spiro atoms. The van der Waals surface area contributed by atoms with Gasteiger partial charge in [0.15, 0.2) is 0 Å². The van der Waals surface area contributed by atoms with Gasteiger partial charge in [0.05, 0.1) is 0 Å². The van der Waals surface area contributed by atoms with Crippen LogP contribution in [0.1, 0.15) is 27.2 Å². The van der Waals surface area contributed by atoms with Gasteiger partial charge in [-0.05, 0) is 20.3 Å². The Kier molecular flexibility index (Phi) is 7.28. The summed E-state index contributed by atoms with van der Waals surface area (Å²) in [5, 5.41) is 0. The number of carbonyl (C=O) groups excluding carboxylic acids is 1. The second kappa shape index (κ2) is 7.61. The van der Waals surface area contributed by atoms with Gasteiger partial charge in [-0.2, -0.15) is 0 Å². The van der Waals surface area contributed by atoms with E-state index in [-0.39, 0.29) is 18.0 Å². The van der Waals surface area contributed by atoms with E-state index in [9.17, 15) is 4.79 Å². The zero-order chi connectivity index (χ0) is 11.8. The number of rotatable bonds is 7. The van der Waals surface area contributed by atoms with Crippen molar-refractivity contribution >= 4 is 15.7 Å². The van der Waals surface area contributed by atoms with E-state index in [1.807, 2.05) is 13.8 Å². The summed E-state index contributed by atoms with van der Waals surface area (Å²) in [6.07, 6.45) is 0.538. The fourth-order valence-electron chi connectivity index (χ4n) is 0.798. The molecular formula is C10H20O4Si. The summed E-state index contributed by atoms with van der Waals surface area (Å²) >= 11 is 0. The fraction of sp³-hybridized carbons (Fsp3) is 0.700. The van der Waals surface area contributed by atoms with Crippen molar-refractivity contribution in [2.45, 2.75) is 39.2 Å². The van der Waals surface area contributed by atoms with E-state index in [1.54, 1.807) is 14.0 Å². The lowest BCUT2D eigenvalue weighted by molar-refractivity contribution is -0.141. The minimum Gasteiger partial charge on any atom is -0.461 e. The van der Waals surface area contributed by atoms with Crippen LogP contribution in [0.15, 0.2) is 12.2 Å². The minimum atomic E-state index is -0.917.